The lowest BCUT2D eigenvalue weighted by Gasteiger charge is -2.18. The Bertz CT molecular complexity index is 1050. The van der Waals surface area contributed by atoms with E-state index in [9.17, 15) is 0 Å². The molecule has 4 aromatic rings. The molecule has 1 saturated heterocycles. The predicted octanol–water partition coefficient (Wildman–Crippen LogP) is 4.01. The van der Waals surface area contributed by atoms with Crippen LogP contribution in [0.25, 0.3) is 28.1 Å². The lowest BCUT2D eigenvalue weighted by atomic mass is 10.1. The number of para-hydroxylation sites is 1. The molecule has 6 nitrogen and oxygen atoms in total. The van der Waals surface area contributed by atoms with E-state index in [1.165, 1.54) is 19.4 Å². The number of likely N-dealkylation sites (tertiary alicyclic amines) is 1. The van der Waals surface area contributed by atoms with Crippen LogP contribution in [0.4, 0.5) is 0 Å². The molecule has 0 spiro atoms. The van der Waals surface area contributed by atoms with Gasteiger partial charge in [0, 0.05) is 17.5 Å². The van der Waals surface area contributed by atoms with E-state index in [4.69, 9.17) is 9.15 Å². The summed E-state index contributed by atoms with van der Waals surface area (Å²) in [6.07, 6.45) is 5.45. The minimum absolute atomic E-state index is 0.622. The predicted molar refractivity (Wildman–Crippen MR) is 104 cm³/mol. The van der Waals surface area contributed by atoms with Crippen molar-refractivity contribution in [1.29, 1.82) is 0 Å². The van der Waals surface area contributed by atoms with Crippen LogP contribution in [-0.4, -0.2) is 45.7 Å². The maximum absolute atomic E-state index is 5.91. The fourth-order valence-electron chi connectivity index (χ4n) is 3.81. The average Bonchev–Trinajstić information content (AvgIpc) is 3.39. The van der Waals surface area contributed by atoms with Crippen LogP contribution in [-0.2, 0) is 0 Å². The number of rotatable bonds is 5. The van der Waals surface area contributed by atoms with Gasteiger partial charge in [-0.05, 0) is 51.1 Å². The lowest BCUT2D eigenvalue weighted by molar-refractivity contribution is 0.227. The molecule has 0 saturated carbocycles. The molecule has 1 atom stereocenters. The van der Waals surface area contributed by atoms with Gasteiger partial charge in [-0.15, -0.1) is 5.10 Å². The smallest absolute Gasteiger partial charge is 0.231 e. The lowest BCUT2D eigenvalue weighted by Crippen LogP contribution is -2.26. The second-order valence-electron chi connectivity index (χ2n) is 7.16. The molecule has 5 rings (SSSR count). The molecule has 1 aliphatic rings. The van der Waals surface area contributed by atoms with Gasteiger partial charge < -0.3 is 14.1 Å². The van der Waals surface area contributed by atoms with Gasteiger partial charge in [0.05, 0.1) is 12.8 Å². The number of fused-ring (bicyclic) bond motifs is 2. The van der Waals surface area contributed by atoms with Crippen LogP contribution in [0.2, 0.25) is 0 Å². The number of ether oxygens (including phenoxy) is 1. The molecule has 1 aromatic carbocycles. The minimum atomic E-state index is 0.622. The number of imidazole rings is 1. The van der Waals surface area contributed by atoms with Crippen molar-refractivity contribution in [1.82, 2.24) is 19.5 Å². The largest absolute Gasteiger partial charge is 0.477 e. The van der Waals surface area contributed by atoms with E-state index in [1.54, 1.807) is 4.52 Å². The monoisotopic (exact) mass is 362 g/mol. The third-order valence-electron chi connectivity index (χ3n) is 5.35. The first-order chi connectivity index (χ1) is 13.3. The van der Waals surface area contributed by atoms with Crippen LogP contribution < -0.4 is 4.74 Å². The second-order valence-corrected chi connectivity index (χ2v) is 7.16. The quantitative estimate of drug-likeness (QED) is 0.537. The van der Waals surface area contributed by atoms with Crippen LogP contribution in [0, 0.1) is 0 Å². The fourth-order valence-corrected chi connectivity index (χ4v) is 3.81. The van der Waals surface area contributed by atoms with Crippen molar-refractivity contribution in [3.8, 4) is 17.3 Å². The van der Waals surface area contributed by atoms with Gasteiger partial charge in [0.2, 0.25) is 5.88 Å². The van der Waals surface area contributed by atoms with E-state index >= 15 is 0 Å². The van der Waals surface area contributed by atoms with Crippen molar-refractivity contribution >= 4 is 16.6 Å². The maximum Gasteiger partial charge on any atom is 0.231 e. The van der Waals surface area contributed by atoms with Gasteiger partial charge >= 0.3 is 0 Å². The van der Waals surface area contributed by atoms with Gasteiger partial charge in [-0.3, -0.25) is 0 Å². The summed E-state index contributed by atoms with van der Waals surface area (Å²) in [5, 5.41) is 5.60. The standard InChI is InChI=1S/C21H22N4O2/c1-24-11-4-6-16(24)10-12-26-21-9-8-20-22-17(14-25(20)23-21)19-13-15-5-2-3-7-18(15)27-19/h2-3,5,7-9,13-14,16H,4,6,10-12H2,1H3. The Morgan fingerprint density at radius 2 is 2.15 bits per heavy atom. The Hall–Kier alpha value is -2.86. The van der Waals surface area contributed by atoms with E-state index in [2.05, 4.69) is 22.0 Å². The summed E-state index contributed by atoms with van der Waals surface area (Å²) in [6.45, 7) is 1.87. The van der Waals surface area contributed by atoms with E-state index in [1.807, 2.05) is 48.7 Å². The van der Waals surface area contributed by atoms with E-state index in [0.717, 1.165) is 34.5 Å². The summed E-state index contributed by atoms with van der Waals surface area (Å²) < 4.78 is 13.5. The highest BCUT2D eigenvalue weighted by atomic mass is 16.5. The van der Waals surface area contributed by atoms with Crippen molar-refractivity contribution in [2.24, 2.45) is 0 Å². The summed E-state index contributed by atoms with van der Waals surface area (Å²) >= 11 is 0. The van der Waals surface area contributed by atoms with Crippen molar-refractivity contribution in [3.63, 3.8) is 0 Å². The number of hydrogen-bond acceptors (Lipinski definition) is 5. The highest BCUT2D eigenvalue weighted by Gasteiger charge is 2.20. The molecule has 4 heterocycles. The molecular weight excluding hydrogens is 340 g/mol. The zero-order chi connectivity index (χ0) is 18.2. The molecule has 1 aliphatic heterocycles. The Kier molecular flexibility index (Phi) is 4.05. The molecule has 0 aliphatic carbocycles. The molecule has 27 heavy (non-hydrogen) atoms. The highest BCUT2D eigenvalue weighted by molar-refractivity contribution is 5.82. The number of nitrogens with zero attached hydrogens (tertiary/aromatic N) is 4. The number of hydrogen-bond donors (Lipinski definition) is 0. The molecule has 0 radical (unpaired) electrons. The SMILES string of the molecule is CN1CCCC1CCOc1ccc2nc(-c3cc4ccccc4o3)cn2n1. The number of aromatic nitrogens is 3. The average molecular weight is 362 g/mol. The second kappa shape index (κ2) is 6.70. The molecule has 0 amide bonds. The van der Waals surface area contributed by atoms with Crippen molar-refractivity contribution in [2.45, 2.75) is 25.3 Å². The Labute approximate surface area is 157 Å². The molecule has 1 fully saturated rings. The first kappa shape index (κ1) is 16.3. The topological polar surface area (TPSA) is 55.8 Å². The normalized spacial score (nSPS) is 17.9. The highest BCUT2D eigenvalue weighted by Crippen LogP contribution is 2.27. The summed E-state index contributed by atoms with van der Waals surface area (Å²) in [7, 11) is 2.19. The van der Waals surface area contributed by atoms with E-state index in [0.29, 0.717) is 18.5 Å². The molecule has 0 N–H and O–H groups in total. The van der Waals surface area contributed by atoms with Gasteiger partial charge in [-0.2, -0.15) is 0 Å². The fraction of sp³-hybridized carbons (Fsp3) is 0.333. The van der Waals surface area contributed by atoms with Crippen LogP contribution >= 0.6 is 0 Å². The summed E-state index contributed by atoms with van der Waals surface area (Å²) in [5.74, 6) is 1.37. The molecule has 0 bridgehead atoms. The van der Waals surface area contributed by atoms with Crippen molar-refractivity contribution < 1.29 is 9.15 Å². The van der Waals surface area contributed by atoms with Crippen molar-refractivity contribution in [2.75, 3.05) is 20.2 Å². The van der Waals surface area contributed by atoms with Gasteiger partial charge in [-0.25, -0.2) is 9.50 Å². The Morgan fingerprint density at radius 3 is 3.00 bits per heavy atom. The summed E-state index contributed by atoms with van der Waals surface area (Å²) in [5.41, 5.74) is 2.40. The molecule has 138 valence electrons. The molecular formula is C21H22N4O2. The maximum atomic E-state index is 5.91. The first-order valence-corrected chi connectivity index (χ1v) is 9.45. The summed E-state index contributed by atoms with van der Waals surface area (Å²) in [6, 6.07) is 14.4. The summed E-state index contributed by atoms with van der Waals surface area (Å²) in [4.78, 5) is 7.03. The van der Waals surface area contributed by atoms with Gasteiger partial charge in [-0.1, -0.05) is 18.2 Å². The third-order valence-corrected chi connectivity index (χ3v) is 5.35. The number of benzene rings is 1. The zero-order valence-corrected chi connectivity index (χ0v) is 15.3. The van der Waals surface area contributed by atoms with E-state index in [-0.39, 0.29) is 0 Å². The molecule has 3 aromatic heterocycles. The zero-order valence-electron chi connectivity index (χ0n) is 15.3. The third kappa shape index (κ3) is 3.17. The first-order valence-electron chi connectivity index (χ1n) is 9.45. The Balaban J connectivity index is 1.33. The van der Waals surface area contributed by atoms with Crippen LogP contribution in [0.5, 0.6) is 5.88 Å². The van der Waals surface area contributed by atoms with Crippen LogP contribution in [0.15, 0.2) is 53.1 Å². The minimum Gasteiger partial charge on any atom is -0.477 e. The molecule has 1 unspecified atom stereocenters. The van der Waals surface area contributed by atoms with E-state index < -0.39 is 0 Å². The molecule has 6 heteroatoms. The van der Waals surface area contributed by atoms with Crippen LogP contribution in [0.1, 0.15) is 19.3 Å². The van der Waals surface area contributed by atoms with Gasteiger partial charge in [0.15, 0.2) is 11.4 Å². The van der Waals surface area contributed by atoms with Gasteiger partial charge in [0.1, 0.15) is 11.3 Å². The van der Waals surface area contributed by atoms with Crippen LogP contribution in [0.3, 0.4) is 0 Å². The number of furan rings is 1. The Morgan fingerprint density at radius 1 is 1.22 bits per heavy atom. The van der Waals surface area contributed by atoms with Gasteiger partial charge in [0.25, 0.3) is 0 Å². The van der Waals surface area contributed by atoms with Crippen molar-refractivity contribution in [3.05, 3.63) is 48.7 Å².